The summed E-state index contributed by atoms with van der Waals surface area (Å²) in [5.74, 6) is 0.341. The lowest BCUT2D eigenvalue weighted by molar-refractivity contribution is 0.0626. The van der Waals surface area contributed by atoms with E-state index in [4.69, 9.17) is 21.1 Å². The molecule has 0 spiro atoms. The number of ketones is 1. The topological polar surface area (TPSA) is 55.8 Å². The third-order valence-electron chi connectivity index (χ3n) is 3.03. The average Bonchev–Trinajstić information content (AvgIpc) is 2.52. The molecule has 0 amide bonds. The quantitative estimate of drug-likeness (QED) is 0.785. The number of hydrogen-bond acceptors (Lipinski definition) is 4. The Kier molecular flexibility index (Phi) is 5.96. The van der Waals surface area contributed by atoms with Crippen LogP contribution in [0.1, 0.15) is 17.3 Å². The van der Waals surface area contributed by atoms with Crippen molar-refractivity contribution in [1.82, 2.24) is 0 Å². The van der Waals surface area contributed by atoms with Crippen LogP contribution in [0.4, 0.5) is 4.39 Å². The molecule has 0 fully saturated rings. The van der Waals surface area contributed by atoms with E-state index < -0.39 is 11.9 Å². The summed E-state index contributed by atoms with van der Waals surface area (Å²) in [5, 5.41) is 9.98. The third kappa shape index (κ3) is 5.23. The highest BCUT2D eigenvalue weighted by atomic mass is 35.5. The second-order valence-corrected chi connectivity index (χ2v) is 5.34. The van der Waals surface area contributed by atoms with Crippen molar-refractivity contribution in [3.63, 3.8) is 0 Å². The molecule has 1 unspecified atom stereocenters. The van der Waals surface area contributed by atoms with Gasteiger partial charge in [-0.2, -0.15) is 0 Å². The van der Waals surface area contributed by atoms with Gasteiger partial charge in [0.1, 0.15) is 36.6 Å². The van der Waals surface area contributed by atoms with Gasteiger partial charge in [-0.15, -0.1) is 0 Å². The van der Waals surface area contributed by atoms with E-state index in [0.29, 0.717) is 11.3 Å². The van der Waals surface area contributed by atoms with Gasteiger partial charge in [0.05, 0.1) is 5.02 Å². The number of benzene rings is 2. The van der Waals surface area contributed by atoms with Gasteiger partial charge in [0.25, 0.3) is 0 Å². The van der Waals surface area contributed by atoms with Crippen LogP contribution in [0.3, 0.4) is 0 Å². The summed E-state index contributed by atoms with van der Waals surface area (Å²) in [6.45, 7) is 1.45. The first-order valence-corrected chi connectivity index (χ1v) is 7.33. The van der Waals surface area contributed by atoms with Crippen LogP contribution in [0.2, 0.25) is 5.02 Å². The van der Waals surface area contributed by atoms with E-state index in [1.807, 2.05) is 0 Å². The molecular weight excluding hydrogens is 323 g/mol. The largest absolute Gasteiger partial charge is 0.491 e. The van der Waals surface area contributed by atoms with Crippen LogP contribution in [0.5, 0.6) is 11.5 Å². The number of carbonyl (C=O) groups excluding carboxylic acids is 1. The highest BCUT2D eigenvalue weighted by Gasteiger charge is 2.09. The number of rotatable bonds is 7. The van der Waals surface area contributed by atoms with Crippen LogP contribution in [-0.4, -0.2) is 30.2 Å². The molecule has 0 bridgehead atoms. The molecule has 2 rings (SSSR count). The summed E-state index contributed by atoms with van der Waals surface area (Å²) >= 11 is 5.82. The van der Waals surface area contributed by atoms with Crippen molar-refractivity contribution in [2.75, 3.05) is 13.2 Å². The van der Waals surface area contributed by atoms with Crippen LogP contribution < -0.4 is 9.47 Å². The minimum absolute atomic E-state index is 0.0121. The highest BCUT2D eigenvalue weighted by molar-refractivity contribution is 6.32. The van der Waals surface area contributed by atoms with Gasteiger partial charge in [-0.3, -0.25) is 4.79 Å². The summed E-state index contributed by atoms with van der Waals surface area (Å²) < 4.78 is 23.6. The van der Waals surface area contributed by atoms with Gasteiger partial charge in [0, 0.05) is 5.56 Å². The Bertz CT molecular complexity index is 673. The Morgan fingerprint density at radius 3 is 2.43 bits per heavy atom. The predicted octanol–water partition coefficient (Wildman–Crippen LogP) is 3.50. The van der Waals surface area contributed by atoms with Crippen molar-refractivity contribution in [2.24, 2.45) is 0 Å². The molecule has 0 heterocycles. The molecule has 122 valence electrons. The minimum Gasteiger partial charge on any atom is -0.491 e. The van der Waals surface area contributed by atoms with E-state index in [9.17, 15) is 14.3 Å². The monoisotopic (exact) mass is 338 g/mol. The average molecular weight is 339 g/mol. The lowest BCUT2D eigenvalue weighted by Gasteiger charge is -2.14. The molecule has 0 aromatic heterocycles. The van der Waals surface area contributed by atoms with Gasteiger partial charge in [-0.05, 0) is 49.4 Å². The molecule has 0 saturated heterocycles. The van der Waals surface area contributed by atoms with E-state index in [1.54, 1.807) is 24.3 Å². The van der Waals surface area contributed by atoms with Crippen LogP contribution in [0, 0.1) is 5.82 Å². The van der Waals surface area contributed by atoms with Gasteiger partial charge < -0.3 is 14.6 Å². The molecule has 0 aliphatic heterocycles. The number of Topliss-reactive ketones (excluding diaryl/α,β-unsaturated/α-hetero) is 1. The van der Waals surface area contributed by atoms with Gasteiger partial charge in [0.2, 0.25) is 0 Å². The van der Waals surface area contributed by atoms with Crippen molar-refractivity contribution in [3.8, 4) is 11.5 Å². The molecule has 23 heavy (non-hydrogen) atoms. The highest BCUT2D eigenvalue weighted by Crippen LogP contribution is 2.25. The van der Waals surface area contributed by atoms with Crippen molar-refractivity contribution in [1.29, 1.82) is 0 Å². The lowest BCUT2D eigenvalue weighted by Crippen LogP contribution is -2.25. The maximum absolute atomic E-state index is 12.9. The van der Waals surface area contributed by atoms with Crippen LogP contribution in [0.25, 0.3) is 0 Å². The standard InChI is InChI=1S/C17H16ClFO4/c1-11(20)12-2-5-15(6-3-12)22-9-14(21)10-23-17-7-4-13(19)8-16(17)18/h2-8,14,21H,9-10H2,1H3. The molecular formula is C17H16ClFO4. The molecule has 0 radical (unpaired) electrons. The van der Waals surface area contributed by atoms with E-state index in [0.717, 1.165) is 6.07 Å². The minimum atomic E-state index is -0.886. The van der Waals surface area contributed by atoms with Crippen molar-refractivity contribution in [3.05, 3.63) is 58.9 Å². The Morgan fingerprint density at radius 2 is 1.83 bits per heavy atom. The smallest absolute Gasteiger partial charge is 0.159 e. The molecule has 0 aliphatic carbocycles. The maximum Gasteiger partial charge on any atom is 0.159 e. The zero-order valence-corrected chi connectivity index (χ0v) is 13.2. The van der Waals surface area contributed by atoms with Crippen LogP contribution in [-0.2, 0) is 0 Å². The SMILES string of the molecule is CC(=O)c1ccc(OCC(O)COc2ccc(F)cc2Cl)cc1. The fourth-order valence-electron chi connectivity index (χ4n) is 1.80. The van der Waals surface area contributed by atoms with E-state index >= 15 is 0 Å². The second-order valence-electron chi connectivity index (χ2n) is 4.93. The van der Waals surface area contributed by atoms with Crippen molar-refractivity contribution >= 4 is 17.4 Å². The molecule has 2 aromatic rings. The molecule has 4 nitrogen and oxygen atoms in total. The fourth-order valence-corrected chi connectivity index (χ4v) is 2.03. The second kappa shape index (κ2) is 7.94. The van der Waals surface area contributed by atoms with Gasteiger partial charge in [-0.1, -0.05) is 11.6 Å². The van der Waals surface area contributed by atoms with Gasteiger partial charge >= 0.3 is 0 Å². The van der Waals surface area contributed by atoms with Crippen molar-refractivity contribution < 1.29 is 23.8 Å². The third-order valence-corrected chi connectivity index (χ3v) is 3.32. The molecule has 6 heteroatoms. The Balaban J connectivity index is 1.80. The summed E-state index contributed by atoms with van der Waals surface area (Å²) in [6.07, 6.45) is -0.886. The molecule has 0 saturated carbocycles. The van der Waals surface area contributed by atoms with Crippen LogP contribution >= 0.6 is 11.6 Å². The summed E-state index contributed by atoms with van der Waals surface area (Å²) in [5.41, 5.74) is 0.590. The predicted molar refractivity (Wildman–Crippen MR) is 84.9 cm³/mol. The molecule has 0 aliphatic rings. The first-order valence-electron chi connectivity index (χ1n) is 6.95. The van der Waals surface area contributed by atoms with Crippen LogP contribution in [0.15, 0.2) is 42.5 Å². The Labute approximate surface area is 138 Å². The molecule has 1 atom stereocenters. The Morgan fingerprint density at radius 1 is 1.17 bits per heavy atom. The lowest BCUT2D eigenvalue weighted by atomic mass is 10.1. The first-order chi connectivity index (χ1) is 11.0. The summed E-state index contributed by atoms with van der Waals surface area (Å²) in [7, 11) is 0. The fraction of sp³-hybridized carbons (Fsp3) is 0.235. The number of ether oxygens (including phenoxy) is 2. The normalized spacial score (nSPS) is 11.8. The van der Waals surface area contributed by atoms with E-state index in [2.05, 4.69) is 0 Å². The number of aliphatic hydroxyl groups is 1. The van der Waals surface area contributed by atoms with Crippen molar-refractivity contribution in [2.45, 2.75) is 13.0 Å². The maximum atomic E-state index is 12.9. The van der Waals surface area contributed by atoms with Gasteiger partial charge in [-0.25, -0.2) is 4.39 Å². The summed E-state index contributed by atoms with van der Waals surface area (Å²) in [6, 6.07) is 10.4. The molecule has 2 aromatic carbocycles. The molecule has 1 N–H and O–H groups in total. The number of aliphatic hydroxyl groups excluding tert-OH is 1. The summed E-state index contributed by atoms with van der Waals surface area (Å²) in [4.78, 5) is 11.2. The zero-order valence-electron chi connectivity index (χ0n) is 12.5. The number of halogens is 2. The van der Waals surface area contributed by atoms with E-state index in [-0.39, 0.29) is 29.8 Å². The zero-order chi connectivity index (χ0) is 16.8. The Hall–Kier alpha value is -2.11. The number of hydrogen-bond donors (Lipinski definition) is 1. The van der Waals surface area contributed by atoms with E-state index in [1.165, 1.54) is 19.1 Å². The number of carbonyl (C=O) groups is 1. The van der Waals surface area contributed by atoms with Gasteiger partial charge in [0.15, 0.2) is 5.78 Å². The first kappa shape index (κ1) is 17.2.